The summed E-state index contributed by atoms with van der Waals surface area (Å²) in [5, 5.41) is 11.5. The molecule has 0 radical (unpaired) electrons. The zero-order chi connectivity index (χ0) is 13.5. The first-order valence-corrected chi connectivity index (χ1v) is 5.95. The predicted octanol–water partition coefficient (Wildman–Crippen LogP) is 2.00. The zero-order valence-electron chi connectivity index (χ0n) is 10.3. The number of anilines is 1. The maximum absolute atomic E-state index is 11.9. The summed E-state index contributed by atoms with van der Waals surface area (Å²) in [4.78, 5) is 14.8. The van der Waals surface area contributed by atoms with E-state index < -0.39 is 0 Å². The summed E-state index contributed by atoms with van der Waals surface area (Å²) < 4.78 is 0. The Morgan fingerprint density at radius 1 is 1.26 bits per heavy atom. The van der Waals surface area contributed by atoms with E-state index in [2.05, 4.69) is 22.1 Å². The second-order valence-corrected chi connectivity index (χ2v) is 3.86. The number of carbonyl (C=O) groups is 1. The normalized spacial score (nSPS) is 9.53. The molecule has 1 aromatic heterocycles. The Hall–Kier alpha value is -2.51. The second-order valence-electron chi connectivity index (χ2n) is 3.86. The van der Waals surface area contributed by atoms with Crippen molar-refractivity contribution in [1.29, 1.82) is 0 Å². The van der Waals surface area contributed by atoms with Crippen molar-refractivity contribution in [1.82, 2.24) is 4.98 Å². The van der Waals surface area contributed by atoms with Crippen LogP contribution in [-0.2, 0) is 0 Å². The van der Waals surface area contributed by atoms with E-state index in [1.54, 1.807) is 24.4 Å². The van der Waals surface area contributed by atoms with Crippen molar-refractivity contribution in [3.8, 4) is 11.8 Å². The van der Waals surface area contributed by atoms with Gasteiger partial charge in [-0.1, -0.05) is 24.0 Å². The number of benzene rings is 1. The van der Waals surface area contributed by atoms with Crippen LogP contribution >= 0.6 is 0 Å². The lowest BCUT2D eigenvalue weighted by Crippen LogP contribution is -2.13. The van der Waals surface area contributed by atoms with Crippen LogP contribution in [0, 0.1) is 11.8 Å². The van der Waals surface area contributed by atoms with Gasteiger partial charge < -0.3 is 15.4 Å². The number of aliphatic hydroxyl groups excluding tert-OH is 1. The van der Waals surface area contributed by atoms with Crippen LogP contribution in [0.1, 0.15) is 22.5 Å². The number of rotatable bonds is 3. The van der Waals surface area contributed by atoms with Crippen molar-refractivity contribution in [2.75, 3.05) is 11.9 Å². The maximum Gasteiger partial charge on any atom is 0.272 e. The van der Waals surface area contributed by atoms with E-state index in [1.807, 2.05) is 18.2 Å². The van der Waals surface area contributed by atoms with E-state index in [0.29, 0.717) is 17.8 Å². The third-order valence-electron chi connectivity index (χ3n) is 2.48. The van der Waals surface area contributed by atoms with Crippen LogP contribution in [-0.4, -0.2) is 22.6 Å². The van der Waals surface area contributed by atoms with Gasteiger partial charge in [-0.25, -0.2) is 0 Å². The first-order valence-electron chi connectivity index (χ1n) is 5.95. The van der Waals surface area contributed by atoms with Crippen molar-refractivity contribution in [3.05, 3.63) is 53.9 Å². The largest absolute Gasteiger partial charge is 0.395 e. The van der Waals surface area contributed by atoms with Crippen LogP contribution in [0.4, 0.5) is 5.69 Å². The fraction of sp³-hybridized carbons (Fsp3) is 0.133. The Morgan fingerprint density at radius 3 is 2.84 bits per heavy atom. The van der Waals surface area contributed by atoms with Gasteiger partial charge in [0.05, 0.1) is 12.3 Å². The van der Waals surface area contributed by atoms with E-state index in [9.17, 15) is 4.79 Å². The monoisotopic (exact) mass is 254 g/mol. The molecule has 4 nitrogen and oxygen atoms in total. The van der Waals surface area contributed by atoms with Gasteiger partial charge in [0, 0.05) is 18.2 Å². The van der Waals surface area contributed by atoms with Crippen LogP contribution in [0.15, 0.2) is 42.6 Å². The minimum atomic E-state index is -0.207. The van der Waals surface area contributed by atoms with Gasteiger partial charge in [-0.15, -0.1) is 0 Å². The lowest BCUT2D eigenvalue weighted by Gasteiger charge is -2.06. The molecule has 0 saturated carbocycles. The number of aromatic amines is 1. The number of aliphatic hydroxyl groups is 1. The van der Waals surface area contributed by atoms with E-state index >= 15 is 0 Å². The summed E-state index contributed by atoms with van der Waals surface area (Å²) >= 11 is 0. The number of nitrogens with one attached hydrogen (secondary N) is 2. The number of hydrogen-bond acceptors (Lipinski definition) is 2. The summed E-state index contributed by atoms with van der Waals surface area (Å²) in [7, 11) is 0. The summed E-state index contributed by atoms with van der Waals surface area (Å²) in [6.07, 6.45) is 2.11. The van der Waals surface area contributed by atoms with Gasteiger partial charge in [0.2, 0.25) is 0 Å². The maximum atomic E-state index is 11.9. The van der Waals surface area contributed by atoms with Crippen molar-refractivity contribution < 1.29 is 9.90 Å². The Bertz CT molecular complexity index is 607. The first kappa shape index (κ1) is 12.9. The topological polar surface area (TPSA) is 65.1 Å². The molecule has 0 atom stereocenters. The lowest BCUT2D eigenvalue weighted by molar-refractivity contribution is 0.102. The fourth-order valence-corrected chi connectivity index (χ4v) is 1.58. The molecule has 0 unspecified atom stereocenters. The van der Waals surface area contributed by atoms with Crippen LogP contribution < -0.4 is 5.32 Å². The molecule has 0 aliphatic rings. The molecule has 0 spiro atoms. The molecule has 4 heteroatoms. The molecule has 0 bridgehead atoms. The zero-order valence-corrected chi connectivity index (χ0v) is 10.3. The van der Waals surface area contributed by atoms with Gasteiger partial charge in [0.1, 0.15) is 5.69 Å². The standard InChI is InChI=1S/C15H14N2O2/c18-11-4-3-7-12-6-1-2-8-13(12)17-15(19)14-9-5-10-16-14/h1-2,5-6,8-10,16,18H,4,11H2,(H,17,19). The van der Waals surface area contributed by atoms with Gasteiger partial charge in [-0.2, -0.15) is 0 Å². The number of hydrogen-bond donors (Lipinski definition) is 3. The summed E-state index contributed by atoms with van der Waals surface area (Å²) in [6, 6.07) is 10.8. The van der Waals surface area contributed by atoms with Crippen molar-refractivity contribution in [3.63, 3.8) is 0 Å². The highest BCUT2D eigenvalue weighted by Crippen LogP contribution is 2.14. The highest BCUT2D eigenvalue weighted by Gasteiger charge is 2.07. The number of para-hydroxylation sites is 1. The molecule has 0 aliphatic heterocycles. The van der Waals surface area contributed by atoms with E-state index in [1.165, 1.54) is 0 Å². The van der Waals surface area contributed by atoms with Gasteiger partial charge in [0.15, 0.2) is 0 Å². The lowest BCUT2D eigenvalue weighted by atomic mass is 10.1. The molecule has 1 heterocycles. The van der Waals surface area contributed by atoms with E-state index in [0.717, 1.165) is 5.56 Å². The summed E-state index contributed by atoms with van der Waals surface area (Å²) in [5.41, 5.74) is 1.89. The van der Waals surface area contributed by atoms with Crippen LogP contribution in [0.2, 0.25) is 0 Å². The summed E-state index contributed by atoms with van der Waals surface area (Å²) in [5.74, 6) is 5.56. The van der Waals surface area contributed by atoms with Crippen LogP contribution in [0.3, 0.4) is 0 Å². The van der Waals surface area contributed by atoms with Gasteiger partial charge in [0.25, 0.3) is 5.91 Å². The molecule has 0 aliphatic carbocycles. The first-order chi connectivity index (χ1) is 9.31. The average Bonchev–Trinajstić information content (AvgIpc) is 2.95. The fourth-order valence-electron chi connectivity index (χ4n) is 1.58. The minimum Gasteiger partial charge on any atom is -0.395 e. The van der Waals surface area contributed by atoms with Gasteiger partial charge >= 0.3 is 0 Å². The second kappa shape index (κ2) is 6.43. The molecule has 2 rings (SSSR count). The molecule has 1 amide bonds. The third-order valence-corrected chi connectivity index (χ3v) is 2.48. The number of H-pyrrole nitrogens is 1. The van der Waals surface area contributed by atoms with E-state index in [-0.39, 0.29) is 12.5 Å². The highest BCUT2D eigenvalue weighted by atomic mass is 16.2. The molecular weight excluding hydrogens is 240 g/mol. The molecule has 96 valence electrons. The Balaban J connectivity index is 2.17. The molecule has 19 heavy (non-hydrogen) atoms. The van der Waals surface area contributed by atoms with Crippen molar-refractivity contribution >= 4 is 11.6 Å². The Labute approximate surface area is 111 Å². The van der Waals surface area contributed by atoms with Crippen molar-refractivity contribution in [2.45, 2.75) is 6.42 Å². The van der Waals surface area contributed by atoms with Gasteiger partial charge in [-0.3, -0.25) is 4.79 Å². The smallest absolute Gasteiger partial charge is 0.272 e. The third kappa shape index (κ3) is 3.47. The quantitative estimate of drug-likeness (QED) is 0.733. The Kier molecular flexibility index (Phi) is 4.38. The van der Waals surface area contributed by atoms with Crippen LogP contribution in [0.25, 0.3) is 0 Å². The molecule has 1 aromatic carbocycles. The SMILES string of the molecule is O=C(Nc1ccccc1C#CCCO)c1ccc[nH]1. The van der Waals surface area contributed by atoms with Gasteiger partial charge in [-0.05, 0) is 24.3 Å². The molecule has 0 saturated heterocycles. The molecule has 3 N–H and O–H groups in total. The Morgan fingerprint density at radius 2 is 2.11 bits per heavy atom. The average molecular weight is 254 g/mol. The number of carbonyl (C=O) groups excluding carboxylic acids is 1. The summed E-state index contributed by atoms with van der Waals surface area (Å²) in [6.45, 7) is 0.0317. The highest BCUT2D eigenvalue weighted by molar-refractivity contribution is 6.03. The molecule has 0 fully saturated rings. The van der Waals surface area contributed by atoms with Crippen molar-refractivity contribution in [2.24, 2.45) is 0 Å². The molecule has 2 aromatic rings. The predicted molar refractivity (Wildman–Crippen MR) is 73.8 cm³/mol. The number of aromatic nitrogens is 1. The van der Waals surface area contributed by atoms with Crippen LogP contribution in [0.5, 0.6) is 0 Å². The minimum absolute atomic E-state index is 0.0317. The number of amides is 1. The molecular formula is C15H14N2O2. The van der Waals surface area contributed by atoms with E-state index in [4.69, 9.17) is 5.11 Å².